The van der Waals surface area contributed by atoms with Gasteiger partial charge in [0.1, 0.15) is 18.1 Å². The van der Waals surface area contributed by atoms with E-state index in [0.717, 1.165) is 22.7 Å². The Bertz CT molecular complexity index is 828. The van der Waals surface area contributed by atoms with E-state index in [9.17, 15) is 4.79 Å². The molecule has 1 N–H and O–H groups in total. The number of amides is 1. The summed E-state index contributed by atoms with van der Waals surface area (Å²) in [5, 5.41) is 2.88. The summed E-state index contributed by atoms with van der Waals surface area (Å²) in [6, 6.07) is 24.4. The van der Waals surface area contributed by atoms with Crippen molar-refractivity contribution in [3.05, 3.63) is 90.0 Å². The average Bonchev–Trinajstić information content (AvgIpc) is 2.69. The lowest BCUT2D eigenvalue weighted by Crippen LogP contribution is -2.11. The molecule has 0 bridgehead atoms. The van der Waals surface area contributed by atoms with Crippen LogP contribution in [0.4, 0.5) is 5.69 Å². The van der Waals surface area contributed by atoms with Crippen molar-refractivity contribution in [3.63, 3.8) is 0 Å². The van der Waals surface area contributed by atoms with Gasteiger partial charge in [-0.05, 0) is 61.0 Å². The minimum atomic E-state index is -0.161. The van der Waals surface area contributed by atoms with Crippen molar-refractivity contribution in [1.29, 1.82) is 0 Å². The normalized spacial score (nSPS) is 10.2. The Morgan fingerprint density at radius 3 is 2.08 bits per heavy atom. The SMILES string of the molecule is CCOc1ccc(C(=O)Nc2ccc(OCc3ccccc3)cc2)cc1. The van der Waals surface area contributed by atoms with Crippen LogP contribution in [0.1, 0.15) is 22.8 Å². The quantitative estimate of drug-likeness (QED) is 0.660. The third-order valence-electron chi connectivity index (χ3n) is 3.79. The lowest BCUT2D eigenvalue weighted by Gasteiger charge is -2.09. The van der Waals surface area contributed by atoms with Gasteiger partial charge in [0.15, 0.2) is 0 Å². The van der Waals surface area contributed by atoms with E-state index < -0.39 is 0 Å². The minimum Gasteiger partial charge on any atom is -0.494 e. The van der Waals surface area contributed by atoms with Gasteiger partial charge in [-0.25, -0.2) is 0 Å². The molecular formula is C22H21NO3. The molecule has 0 saturated heterocycles. The third kappa shape index (κ3) is 4.86. The number of carbonyl (C=O) groups is 1. The fraction of sp³-hybridized carbons (Fsp3) is 0.136. The summed E-state index contributed by atoms with van der Waals surface area (Å²) in [5.41, 5.74) is 2.41. The van der Waals surface area contributed by atoms with Gasteiger partial charge < -0.3 is 14.8 Å². The maximum absolute atomic E-state index is 12.3. The highest BCUT2D eigenvalue weighted by molar-refractivity contribution is 6.04. The summed E-state index contributed by atoms with van der Waals surface area (Å²) in [6.07, 6.45) is 0. The third-order valence-corrected chi connectivity index (χ3v) is 3.79. The molecule has 0 aliphatic rings. The summed E-state index contributed by atoms with van der Waals surface area (Å²) in [4.78, 5) is 12.3. The van der Waals surface area contributed by atoms with Crippen molar-refractivity contribution in [2.24, 2.45) is 0 Å². The van der Waals surface area contributed by atoms with Crippen molar-refractivity contribution in [1.82, 2.24) is 0 Å². The molecule has 0 aliphatic carbocycles. The minimum absolute atomic E-state index is 0.161. The van der Waals surface area contributed by atoms with E-state index in [1.807, 2.05) is 61.5 Å². The van der Waals surface area contributed by atoms with Crippen molar-refractivity contribution >= 4 is 11.6 Å². The van der Waals surface area contributed by atoms with Crippen LogP contribution in [0.2, 0.25) is 0 Å². The van der Waals surface area contributed by atoms with Crippen molar-refractivity contribution in [3.8, 4) is 11.5 Å². The highest BCUT2D eigenvalue weighted by Gasteiger charge is 2.06. The van der Waals surface area contributed by atoms with E-state index in [1.165, 1.54) is 0 Å². The molecule has 3 aromatic carbocycles. The van der Waals surface area contributed by atoms with Gasteiger partial charge in [-0.1, -0.05) is 30.3 Å². The number of hydrogen-bond acceptors (Lipinski definition) is 3. The maximum Gasteiger partial charge on any atom is 0.255 e. The van der Waals surface area contributed by atoms with Gasteiger partial charge in [0.25, 0.3) is 5.91 Å². The van der Waals surface area contributed by atoms with Crippen LogP contribution in [0.3, 0.4) is 0 Å². The zero-order valence-electron chi connectivity index (χ0n) is 14.6. The van der Waals surface area contributed by atoms with Crippen LogP contribution < -0.4 is 14.8 Å². The first kappa shape index (κ1) is 17.5. The molecule has 4 heteroatoms. The van der Waals surface area contributed by atoms with Crippen LogP contribution >= 0.6 is 0 Å². The monoisotopic (exact) mass is 347 g/mol. The summed E-state index contributed by atoms with van der Waals surface area (Å²) in [6.45, 7) is 3.04. The number of nitrogens with one attached hydrogen (secondary N) is 1. The van der Waals surface area contributed by atoms with E-state index >= 15 is 0 Å². The van der Waals surface area contributed by atoms with Gasteiger partial charge in [-0.2, -0.15) is 0 Å². The van der Waals surface area contributed by atoms with Gasteiger partial charge in [-0.3, -0.25) is 4.79 Å². The molecule has 0 unspecified atom stereocenters. The maximum atomic E-state index is 12.3. The van der Waals surface area contributed by atoms with Gasteiger partial charge in [0.2, 0.25) is 0 Å². The van der Waals surface area contributed by atoms with Crippen molar-refractivity contribution in [2.45, 2.75) is 13.5 Å². The second-order valence-electron chi connectivity index (χ2n) is 5.71. The largest absolute Gasteiger partial charge is 0.494 e. The Hall–Kier alpha value is -3.27. The molecule has 3 rings (SSSR count). The highest BCUT2D eigenvalue weighted by Crippen LogP contribution is 2.18. The van der Waals surface area contributed by atoms with Crippen LogP contribution in [-0.2, 0) is 6.61 Å². The number of benzene rings is 3. The number of rotatable bonds is 7. The first-order valence-electron chi connectivity index (χ1n) is 8.55. The topological polar surface area (TPSA) is 47.6 Å². The number of anilines is 1. The second-order valence-corrected chi connectivity index (χ2v) is 5.71. The fourth-order valence-corrected chi connectivity index (χ4v) is 2.45. The molecule has 0 saturated carbocycles. The van der Waals surface area contributed by atoms with Crippen LogP contribution in [-0.4, -0.2) is 12.5 Å². The van der Waals surface area contributed by atoms with E-state index in [4.69, 9.17) is 9.47 Å². The summed E-state index contributed by atoms with van der Waals surface area (Å²) >= 11 is 0. The highest BCUT2D eigenvalue weighted by atomic mass is 16.5. The molecule has 0 fully saturated rings. The Morgan fingerprint density at radius 1 is 0.808 bits per heavy atom. The van der Waals surface area contributed by atoms with Gasteiger partial charge in [0.05, 0.1) is 6.61 Å². The Kier molecular flexibility index (Phi) is 5.88. The molecule has 0 atom stereocenters. The van der Waals surface area contributed by atoms with E-state index in [-0.39, 0.29) is 5.91 Å². The molecule has 0 spiro atoms. The Morgan fingerprint density at radius 2 is 1.42 bits per heavy atom. The zero-order valence-corrected chi connectivity index (χ0v) is 14.6. The van der Waals surface area contributed by atoms with Gasteiger partial charge in [0, 0.05) is 11.3 Å². The van der Waals surface area contributed by atoms with Crippen LogP contribution in [0, 0.1) is 0 Å². The Labute approximate surface area is 153 Å². The molecular weight excluding hydrogens is 326 g/mol. The van der Waals surface area contributed by atoms with Crippen molar-refractivity contribution < 1.29 is 14.3 Å². The molecule has 26 heavy (non-hydrogen) atoms. The first-order chi connectivity index (χ1) is 12.7. The summed E-state index contributed by atoms with van der Waals surface area (Å²) < 4.78 is 11.1. The molecule has 4 nitrogen and oxygen atoms in total. The zero-order chi connectivity index (χ0) is 18.2. The van der Waals surface area contributed by atoms with E-state index in [2.05, 4.69) is 5.32 Å². The van der Waals surface area contributed by atoms with E-state index in [1.54, 1.807) is 24.3 Å². The molecule has 132 valence electrons. The molecule has 0 heterocycles. The standard InChI is InChI=1S/C22H21NO3/c1-2-25-20-12-8-18(9-13-20)22(24)23-19-10-14-21(15-11-19)26-16-17-6-4-3-5-7-17/h3-15H,2,16H2,1H3,(H,23,24). The number of ether oxygens (including phenoxy) is 2. The predicted molar refractivity (Wildman–Crippen MR) is 103 cm³/mol. The number of hydrogen-bond donors (Lipinski definition) is 1. The first-order valence-corrected chi connectivity index (χ1v) is 8.55. The number of carbonyl (C=O) groups excluding carboxylic acids is 1. The summed E-state index contributed by atoms with van der Waals surface area (Å²) in [7, 11) is 0. The van der Waals surface area contributed by atoms with Crippen LogP contribution in [0.5, 0.6) is 11.5 Å². The van der Waals surface area contributed by atoms with Crippen LogP contribution in [0.15, 0.2) is 78.9 Å². The molecule has 1 amide bonds. The fourth-order valence-electron chi connectivity index (χ4n) is 2.45. The van der Waals surface area contributed by atoms with Crippen molar-refractivity contribution in [2.75, 3.05) is 11.9 Å². The molecule has 0 radical (unpaired) electrons. The second kappa shape index (κ2) is 8.72. The summed E-state index contributed by atoms with van der Waals surface area (Å²) in [5.74, 6) is 1.35. The van der Waals surface area contributed by atoms with Gasteiger partial charge >= 0.3 is 0 Å². The molecule has 3 aromatic rings. The molecule has 0 aromatic heterocycles. The molecule has 0 aliphatic heterocycles. The average molecular weight is 347 g/mol. The van der Waals surface area contributed by atoms with Gasteiger partial charge in [-0.15, -0.1) is 0 Å². The lowest BCUT2D eigenvalue weighted by molar-refractivity contribution is 0.102. The van der Waals surface area contributed by atoms with Crippen LogP contribution in [0.25, 0.3) is 0 Å². The van der Waals surface area contributed by atoms with E-state index in [0.29, 0.717) is 18.8 Å². The Balaban J connectivity index is 1.55. The predicted octanol–water partition coefficient (Wildman–Crippen LogP) is 4.92. The smallest absolute Gasteiger partial charge is 0.255 e. The lowest BCUT2D eigenvalue weighted by atomic mass is 10.2.